The van der Waals surface area contributed by atoms with Gasteiger partial charge in [0.15, 0.2) is 0 Å². The number of hydrogen-bond donors (Lipinski definition) is 0. The molecule has 8 aromatic carbocycles. The normalized spacial score (nSPS) is 16.2. The number of hydrogen-bond acceptors (Lipinski definition) is 1. The molecule has 0 radical (unpaired) electrons. The molecule has 2 aliphatic rings. The van der Waals surface area contributed by atoms with Crippen molar-refractivity contribution in [2.75, 3.05) is 0 Å². The van der Waals surface area contributed by atoms with Crippen molar-refractivity contribution >= 4 is 44.5 Å². The molecule has 2 aliphatic carbocycles. The fraction of sp³-hybridized carbons (Fsp3) is 0.0385. The summed E-state index contributed by atoms with van der Waals surface area (Å²) in [6, 6.07) is 66.8. The van der Waals surface area contributed by atoms with E-state index in [0.717, 1.165) is 0 Å². The highest BCUT2D eigenvalue weighted by molar-refractivity contribution is 7.99. The molecule has 0 amide bonds. The van der Waals surface area contributed by atoms with Crippen LogP contribution in [0.2, 0.25) is 0 Å². The van der Waals surface area contributed by atoms with Crippen LogP contribution in [0, 0.1) is 11.8 Å². The average molecular weight is 693 g/mol. The predicted octanol–water partition coefficient (Wildman–Crippen LogP) is 12.2. The van der Waals surface area contributed by atoms with Crippen molar-refractivity contribution in [1.29, 1.82) is 0 Å². The molecule has 0 bridgehead atoms. The van der Waals surface area contributed by atoms with Crippen molar-refractivity contribution in [3.63, 3.8) is 0 Å². The Morgan fingerprint density at radius 3 is 1.09 bits per heavy atom. The highest BCUT2D eigenvalue weighted by atomic mass is 32.2. The van der Waals surface area contributed by atoms with E-state index < -0.39 is 0 Å². The summed E-state index contributed by atoms with van der Waals surface area (Å²) in [5.41, 5.74) is 10.5. The summed E-state index contributed by atoms with van der Waals surface area (Å²) in [6.07, 6.45) is 9.21. The molecule has 0 heterocycles. The molecule has 2 atom stereocenters. The third kappa shape index (κ3) is 5.57. The van der Waals surface area contributed by atoms with E-state index >= 15 is 0 Å². The highest BCUT2D eigenvalue weighted by Gasteiger charge is 2.31. The standard InChI is InChI=1S/C52H36S/c1-3-15-35(16-4-1)49-41-19-7-11-23-45(41)51(46-24-12-8-20-42(46)49)37-27-31-39(32-28-37)53-40-33-29-38(30-34-40)52-47-25-13-9-21-43(47)50(36-17-5-2-6-18-36)44-22-10-14-26-48(44)52/h1-34,41,45H. The van der Waals surface area contributed by atoms with Crippen molar-refractivity contribution < 1.29 is 0 Å². The van der Waals surface area contributed by atoms with Crippen LogP contribution in [0.1, 0.15) is 11.1 Å². The van der Waals surface area contributed by atoms with Gasteiger partial charge in [-0.1, -0.05) is 194 Å². The second-order valence-corrected chi connectivity index (χ2v) is 15.1. The van der Waals surface area contributed by atoms with Crippen LogP contribution < -0.4 is 10.4 Å². The number of benzene rings is 8. The highest BCUT2D eigenvalue weighted by Crippen LogP contribution is 2.44. The van der Waals surface area contributed by atoms with Crippen LogP contribution in [0.25, 0.3) is 54.9 Å². The van der Waals surface area contributed by atoms with Crippen LogP contribution in [0.15, 0.2) is 216 Å². The molecule has 0 N–H and O–H groups in total. The number of fused-ring (bicyclic) bond motifs is 4. The summed E-state index contributed by atoms with van der Waals surface area (Å²) in [6.45, 7) is 0. The smallest absolute Gasteiger partial charge is 0.0137 e. The van der Waals surface area contributed by atoms with E-state index in [4.69, 9.17) is 0 Å². The third-order valence-electron chi connectivity index (χ3n) is 10.9. The van der Waals surface area contributed by atoms with E-state index in [1.54, 1.807) is 0 Å². The predicted molar refractivity (Wildman–Crippen MR) is 225 cm³/mol. The van der Waals surface area contributed by atoms with Gasteiger partial charge in [0.25, 0.3) is 0 Å². The summed E-state index contributed by atoms with van der Waals surface area (Å²) in [4.78, 5) is 2.47. The lowest BCUT2D eigenvalue weighted by molar-refractivity contribution is 0.686. The maximum atomic E-state index is 2.39. The summed E-state index contributed by atoms with van der Waals surface area (Å²) in [5, 5.41) is 7.79. The maximum absolute atomic E-state index is 2.39. The molecule has 0 aliphatic heterocycles. The van der Waals surface area contributed by atoms with E-state index in [1.807, 2.05) is 11.8 Å². The molecule has 0 aromatic heterocycles. The van der Waals surface area contributed by atoms with Gasteiger partial charge in [-0.05, 0) is 101 Å². The zero-order valence-corrected chi connectivity index (χ0v) is 30.0. The molecular formula is C52H36S. The molecule has 0 spiro atoms. The Labute approximate surface area is 314 Å². The van der Waals surface area contributed by atoms with Crippen LogP contribution in [-0.4, -0.2) is 0 Å². The SMILES string of the molecule is C1=CC2C(c3ccccc3)=c3ccccc3=C(c3ccc(Sc4ccc(-c5c6ccccc6c(-c6ccccc6)c6ccccc56)cc4)cc3)C2C=C1. The Morgan fingerprint density at radius 2 is 0.642 bits per heavy atom. The van der Waals surface area contributed by atoms with Gasteiger partial charge in [0.05, 0.1) is 0 Å². The Morgan fingerprint density at radius 1 is 0.302 bits per heavy atom. The van der Waals surface area contributed by atoms with Gasteiger partial charge < -0.3 is 0 Å². The molecule has 8 aromatic rings. The monoisotopic (exact) mass is 692 g/mol. The summed E-state index contributed by atoms with van der Waals surface area (Å²) in [5.74, 6) is 0.578. The second kappa shape index (κ2) is 13.4. The molecule has 0 nitrogen and oxygen atoms in total. The Kier molecular flexibility index (Phi) is 8.00. The lowest BCUT2D eigenvalue weighted by atomic mass is 9.70. The molecule has 1 heteroatoms. The van der Waals surface area contributed by atoms with Crippen LogP contribution in [0.3, 0.4) is 0 Å². The molecule has 53 heavy (non-hydrogen) atoms. The molecule has 250 valence electrons. The second-order valence-electron chi connectivity index (χ2n) is 13.9. The zero-order valence-electron chi connectivity index (χ0n) is 29.2. The van der Waals surface area contributed by atoms with E-state index in [9.17, 15) is 0 Å². The summed E-state index contributed by atoms with van der Waals surface area (Å²) >= 11 is 1.82. The fourth-order valence-corrected chi connectivity index (χ4v) is 9.48. The van der Waals surface area contributed by atoms with E-state index in [2.05, 4.69) is 206 Å². The van der Waals surface area contributed by atoms with Crippen molar-refractivity contribution in [3.8, 4) is 22.3 Å². The van der Waals surface area contributed by atoms with E-state index in [-0.39, 0.29) is 5.92 Å². The first-order chi connectivity index (χ1) is 26.3. The van der Waals surface area contributed by atoms with Crippen molar-refractivity contribution in [2.24, 2.45) is 11.8 Å². The molecule has 0 saturated heterocycles. The van der Waals surface area contributed by atoms with Gasteiger partial charge >= 0.3 is 0 Å². The van der Waals surface area contributed by atoms with Crippen LogP contribution >= 0.6 is 11.8 Å². The Bertz CT molecular complexity index is 2770. The molecule has 0 saturated carbocycles. The lowest BCUT2D eigenvalue weighted by Gasteiger charge is -2.33. The van der Waals surface area contributed by atoms with Crippen LogP contribution in [-0.2, 0) is 0 Å². The largest absolute Gasteiger partial charge is 0.0901 e. The van der Waals surface area contributed by atoms with Crippen molar-refractivity contribution in [1.82, 2.24) is 0 Å². The first-order valence-corrected chi connectivity index (χ1v) is 19.2. The fourth-order valence-electron chi connectivity index (χ4n) is 8.67. The van der Waals surface area contributed by atoms with Gasteiger partial charge in [0.1, 0.15) is 0 Å². The minimum absolute atomic E-state index is 0.282. The third-order valence-corrected chi connectivity index (χ3v) is 11.9. The topological polar surface area (TPSA) is 0 Å². The molecule has 2 unspecified atom stereocenters. The van der Waals surface area contributed by atoms with Gasteiger partial charge in [-0.25, -0.2) is 0 Å². The van der Waals surface area contributed by atoms with Crippen LogP contribution in [0.5, 0.6) is 0 Å². The first kappa shape index (κ1) is 31.6. The van der Waals surface area contributed by atoms with E-state index in [0.29, 0.717) is 5.92 Å². The van der Waals surface area contributed by atoms with Crippen molar-refractivity contribution in [2.45, 2.75) is 9.79 Å². The molecule has 0 fully saturated rings. The molecular weight excluding hydrogens is 657 g/mol. The van der Waals surface area contributed by atoms with Gasteiger partial charge in [-0.2, -0.15) is 0 Å². The average Bonchev–Trinajstić information content (AvgIpc) is 3.23. The van der Waals surface area contributed by atoms with Crippen LogP contribution in [0.4, 0.5) is 0 Å². The number of allylic oxidation sites excluding steroid dienone is 4. The minimum atomic E-state index is 0.282. The maximum Gasteiger partial charge on any atom is 0.0137 e. The van der Waals surface area contributed by atoms with Gasteiger partial charge in [0.2, 0.25) is 0 Å². The van der Waals surface area contributed by atoms with E-state index in [1.165, 1.54) is 86.3 Å². The first-order valence-electron chi connectivity index (χ1n) is 18.4. The quantitative estimate of drug-likeness (QED) is 0.156. The lowest BCUT2D eigenvalue weighted by Crippen LogP contribution is -2.40. The Balaban J connectivity index is 1.00. The summed E-state index contributed by atoms with van der Waals surface area (Å²) in [7, 11) is 0. The summed E-state index contributed by atoms with van der Waals surface area (Å²) < 4.78 is 0. The van der Waals surface area contributed by atoms with Crippen molar-refractivity contribution in [3.05, 3.63) is 228 Å². The minimum Gasteiger partial charge on any atom is -0.0901 e. The Hall–Kier alpha value is -6.15. The zero-order chi connectivity index (χ0) is 35.1. The molecule has 10 rings (SSSR count). The number of rotatable bonds is 6. The van der Waals surface area contributed by atoms with Gasteiger partial charge in [-0.3, -0.25) is 0 Å². The van der Waals surface area contributed by atoms with Gasteiger partial charge in [-0.15, -0.1) is 0 Å². The van der Waals surface area contributed by atoms with Gasteiger partial charge in [0, 0.05) is 21.6 Å².